The van der Waals surface area contributed by atoms with Crippen LogP contribution in [0.5, 0.6) is 0 Å². The number of nitrogens with one attached hydrogen (secondary N) is 2. The predicted molar refractivity (Wildman–Crippen MR) is 107 cm³/mol. The molecule has 0 fully saturated rings. The summed E-state index contributed by atoms with van der Waals surface area (Å²) in [6.45, 7) is 3.43. The van der Waals surface area contributed by atoms with E-state index in [9.17, 15) is 18.8 Å². The molecule has 0 saturated carbocycles. The summed E-state index contributed by atoms with van der Waals surface area (Å²) in [5.41, 5.74) is 5.73. The Morgan fingerprint density at radius 3 is 2.25 bits per heavy atom. The van der Waals surface area contributed by atoms with Crippen molar-refractivity contribution < 1.29 is 18.8 Å². The Morgan fingerprint density at radius 2 is 1.64 bits per heavy atom. The average Bonchev–Trinajstić information content (AvgIpc) is 2.64. The van der Waals surface area contributed by atoms with Crippen LogP contribution in [-0.4, -0.2) is 29.8 Å². The summed E-state index contributed by atoms with van der Waals surface area (Å²) in [4.78, 5) is 35.8. The number of rotatable bonds is 13. The van der Waals surface area contributed by atoms with Crippen LogP contribution in [0.4, 0.5) is 4.39 Å². The minimum atomic E-state index is -0.985. The second-order valence-electron chi connectivity index (χ2n) is 7.07. The van der Waals surface area contributed by atoms with Gasteiger partial charge in [0.15, 0.2) is 0 Å². The van der Waals surface area contributed by atoms with Crippen molar-refractivity contribution in [2.75, 3.05) is 0 Å². The summed E-state index contributed by atoms with van der Waals surface area (Å²) in [7, 11) is 0. The molecule has 4 N–H and O–H groups in total. The third-order valence-corrected chi connectivity index (χ3v) is 4.58. The number of benzene rings is 1. The molecule has 0 aliphatic heterocycles. The smallest absolute Gasteiger partial charge is 0.243 e. The first kappa shape index (κ1) is 23.6. The number of unbranched alkanes of at least 4 members (excludes halogenated alkanes) is 5. The molecule has 0 aliphatic rings. The molecule has 1 rings (SSSR count). The largest absolute Gasteiger partial charge is 0.368 e. The van der Waals surface area contributed by atoms with Gasteiger partial charge in [0.05, 0.1) is 0 Å². The van der Waals surface area contributed by atoms with E-state index in [0.29, 0.717) is 12.0 Å². The van der Waals surface area contributed by atoms with Crippen molar-refractivity contribution in [2.24, 2.45) is 5.73 Å². The molecule has 0 spiro atoms. The Morgan fingerprint density at radius 1 is 1.00 bits per heavy atom. The molecule has 0 aliphatic carbocycles. The monoisotopic (exact) mass is 393 g/mol. The zero-order chi connectivity index (χ0) is 20.9. The molecule has 156 valence electrons. The lowest BCUT2D eigenvalue weighted by Gasteiger charge is -2.22. The lowest BCUT2D eigenvalue weighted by atomic mass is 10.0. The summed E-state index contributed by atoms with van der Waals surface area (Å²) >= 11 is 0. The maximum Gasteiger partial charge on any atom is 0.243 e. The van der Waals surface area contributed by atoms with E-state index in [-0.39, 0.29) is 6.42 Å². The SMILES string of the molecule is CCCCCCCC[C@H](NC(=O)[C@@H](Cc1ccccc1F)NC(C)=O)C(N)=O. The van der Waals surface area contributed by atoms with Gasteiger partial charge in [0, 0.05) is 13.3 Å². The number of hydrogen-bond donors (Lipinski definition) is 3. The Kier molecular flexibility index (Phi) is 10.8. The number of carbonyl (C=O) groups excluding carboxylic acids is 3. The molecule has 0 unspecified atom stereocenters. The van der Waals surface area contributed by atoms with Gasteiger partial charge in [0.25, 0.3) is 0 Å². The van der Waals surface area contributed by atoms with Crippen LogP contribution >= 0.6 is 0 Å². The number of amides is 3. The molecule has 6 nitrogen and oxygen atoms in total. The van der Waals surface area contributed by atoms with Gasteiger partial charge in [-0.25, -0.2) is 4.39 Å². The van der Waals surface area contributed by atoms with Crippen molar-refractivity contribution >= 4 is 17.7 Å². The summed E-state index contributed by atoms with van der Waals surface area (Å²) in [6.07, 6.45) is 6.74. The van der Waals surface area contributed by atoms with E-state index in [0.717, 1.165) is 32.1 Å². The van der Waals surface area contributed by atoms with Gasteiger partial charge < -0.3 is 16.4 Å². The van der Waals surface area contributed by atoms with Crippen molar-refractivity contribution in [3.63, 3.8) is 0 Å². The van der Waals surface area contributed by atoms with Crippen molar-refractivity contribution in [2.45, 2.75) is 77.3 Å². The fraction of sp³-hybridized carbons (Fsp3) is 0.571. The van der Waals surface area contributed by atoms with E-state index < -0.39 is 35.6 Å². The molecule has 7 heteroatoms. The third kappa shape index (κ3) is 8.97. The average molecular weight is 394 g/mol. The molecule has 1 aromatic carbocycles. The first-order valence-electron chi connectivity index (χ1n) is 9.95. The Balaban J connectivity index is 2.67. The van der Waals surface area contributed by atoms with Crippen molar-refractivity contribution in [1.29, 1.82) is 0 Å². The van der Waals surface area contributed by atoms with Gasteiger partial charge in [-0.1, -0.05) is 63.6 Å². The molecule has 28 heavy (non-hydrogen) atoms. The highest BCUT2D eigenvalue weighted by atomic mass is 19.1. The predicted octanol–water partition coefficient (Wildman–Crippen LogP) is 2.59. The van der Waals surface area contributed by atoms with Crippen LogP contribution in [0.2, 0.25) is 0 Å². The quantitative estimate of drug-likeness (QED) is 0.449. The van der Waals surface area contributed by atoms with Crippen LogP contribution in [0.15, 0.2) is 24.3 Å². The lowest BCUT2D eigenvalue weighted by Crippen LogP contribution is -2.53. The maximum atomic E-state index is 13.9. The van der Waals surface area contributed by atoms with Crippen LogP contribution in [0.1, 0.15) is 64.4 Å². The molecule has 0 bridgehead atoms. The van der Waals surface area contributed by atoms with Gasteiger partial charge in [-0.15, -0.1) is 0 Å². The zero-order valence-electron chi connectivity index (χ0n) is 16.8. The van der Waals surface area contributed by atoms with Crippen LogP contribution in [0.25, 0.3) is 0 Å². The van der Waals surface area contributed by atoms with Gasteiger partial charge in [-0.2, -0.15) is 0 Å². The van der Waals surface area contributed by atoms with Crippen molar-refractivity contribution in [1.82, 2.24) is 10.6 Å². The number of carbonyl (C=O) groups is 3. The van der Waals surface area contributed by atoms with Gasteiger partial charge in [-0.3, -0.25) is 14.4 Å². The first-order chi connectivity index (χ1) is 13.3. The molecule has 0 saturated heterocycles. The fourth-order valence-corrected chi connectivity index (χ4v) is 3.03. The van der Waals surface area contributed by atoms with E-state index in [2.05, 4.69) is 17.6 Å². The van der Waals surface area contributed by atoms with E-state index in [1.165, 1.54) is 19.4 Å². The number of hydrogen-bond acceptors (Lipinski definition) is 3. The molecule has 0 aromatic heterocycles. The highest BCUT2D eigenvalue weighted by molar-refractivity contribution is 5.91. The number of nitrogens with two attached hydrogens (primary N) is 1. The summed E-state index contributed by atoms with van der Waals surface area (Å²) in [6, 6.07) is 4.26. The summed E-state index contributed by atoms with van der Waals surface area (Å²) in [5, 5.41) is 5.13. The summed E-state index contributed by atoms with van der Waals surface area (Å²) in [5.74, 6) is -2.03. The van der Waals surface area contributed by atoms with Gasteiger partial charge in [0.1, 0.15) is 17.9 Å². The highest BCUT2D eigenvalue weighted by Crippen LogP contribution is 2.11. The number of primary amides is 1. The van der Waals surface area contributed by atoms with E-state index in [1.807, 2.05) is 0 Å². The lowest BCUT2D eigenvalue weighted by molar-refractivity contribution is -0.131. The molecule has 3 amide bonds. The van der Waals surface area contributed by atoms with Crippen LogP contribution in [-0.2, 0) is 20.8 Å². The first-order valence-corrected chi connectivity index (χ1v) is 9.95. The van der Waals surface area contributed by atoms with Gasteiger partial charge in [0.2, 0.25) is 17.7 Å². The van der Waals surface area contributed by atoms with E-state index >= 15 is 0 Å². The molecule has 1 aromatic rings. The third-order valence-electron chi connectivity index (χ3n) is 4.58. The van der Waals surface area contributed by atoms with Crippen LogP contribution < -0.4 is 16.4 Å². The second kappa shape index (κ2) is 12.9. The topological polar surface area (TPSA) is 101 Å². The Bertz CT molecular complexity index is 652. The minimum absolute atomic E-state index is 0.0133. The molecular weight excluding hydrogens is 361 g/mol. The standard InChI is InChI=1S/C21H32FN3O3/c1-3-4-5-6-7-8-13-18(20(23)27)25-21(28)19(24-15(2)26)14-16-11-9-10-12-17(16)22/h9-12,18-19H,3-8,13-14H2,1-2H3,(H2,23,27)(H,24,26)(H,25,28)/t18-,19+/m0/s1. The van der Waals surface area contributed by atoms with Crippen molar-refractivity contribution in [3.8, 4) is 0 Å². The van der Waals surface area contributed by atoms with Gasteiger partial charge >= 0.3 is 0 Å². The maximum absolute atomic E-state index is 13.9. The minimum Gasteiger partial charge on any atom is -0.368 e. The van der Waals surface area contributed by atoms with Crippen LogP contribution in [0.3, 0.4) is 0 Å². The van der Waals surface area contributed by atoms with Gasteiger partial charge in [-0.05, 0) is 18.1 Å². The molecule has 2 atom stereocenters. The summed E-state index contributed by atoms with van der Waals surface area (Å²) < 4.78 is 13.9. The second-order valence-corrected chi connectivity index (χ2v) is 7.07. The van der Waals surface area contributed by atoms with E-state index in [4.69, 9.17) is 5.73 Å². The number of halogens is 1. The Hall–Kier alpha value is -2.44. The highest BCUT2D eigenvalue weighted by Gasteiger charge is 2.25. The Labute approximate surface area is 166 Å². The zero-order valence-corrected chi connectivity index (χ0v) is 16.8. The van der Waals surface area contributed by atoms with E-state index in [1.54, 1.807) is 18.2 Å². The molecule has 0 heterocycles. The van der Waals surface area contributed by atoms with Crippen LogP contribution in [0, 0.1) is 5.82 Å². The fourth-order valence-electron chi connectivity index (χ4n) is 3.03. The molecule has 0 radical (unpaired) electrons. The molecular formula is C21H32FN3O3. The normalized spacial score (nSPS) is 12.8. The van der Waals surface area contributed by atoms with Crippen molar-refractivity contribution in [3.05, 3.63) is 35.6 Å².